The molecular formula is C27H25FN6O6S. The summed E-state index contributed by atoms with van der Waals surface area (Å²) in [5.41, 5.74) is 3.84. The largest absolute Gasteiger partial charge is 0.484 e. The van der Waals surface area contributed by atoms with Crippen molar-refractivity contribution >= 4 is 44.4 Å². The molecule has 5 aromatic rings. The van der Waals surface area contributed by atoms with Gasteiger partial charge >= 0.3 is 12.1 Å². The molecule has 0 unspecified atom stereocenters. The molecule has 5 rings (SSSR count). The number of nitrogens with one attached hydrogen (secondary N) is 1. The molecule has 0 radical (unpaired) electrons. The number of hydrogen-bond donors (Lipinski definition) is 2. The fourth-order valence-electron chi connectivity index (χ4n) is 3.83. The van der Waals surface area contributed by atoms with Crippen LogP contribution in [0.5, 0.6) is 17.6 Å². The molecule has 3 heterocycles. The maximum Gasteiger partial charge on any atom is 0.411 e. The van der Waals surface area contributed by atoms with Gasteiger partial charge in [0.15, 0.2) is 11.6 Å². The topological polar surface area (TPSA) is 151 Å². The van der Waals surface area contributed by atoms with Crippen LogP contribution < -0.4 is 19.5 Å². The van der Waals surface area contributed by atoms with Gasteiger partial charge in [0.05, 0.1) is 59.2 Å². The van der Waals surface area contributed by atoms with Crippen LogP contribution >= 0.6 is 11.3 Å². The Morgan fingerprint density at radius 3 is 2.66 bits per heavy atom. The number of ether oxygens (including phenoxy) is 4. The Balaban J connectivity index is 1.25. The Labute approximate surface area is 237 Å². The van der Waals surface area contributed by atoms with E-state index in [9.17, 15) is 9.18 Å². The summed E-state index contributed by atoms with van der Waals surface area (Å²) in [6, 6.07) is 6.83. The van der Waals surface area contributed by atoms with Crippen LogP contribution in [0, 0.1) is 12.7 Å². The third-order valence-electron chi connectivity index (χ3n) is 5.62. The molecule has 0 saturated carbocycles. The van der Waals surface area contributed by atoms with Crippen LogP contribution in [0.15, 0.2) is 42.9 Å². The Morgan fingerprint density at radius 1 is 1.10 bits per heavy atom. The smallest absolute Gasteiger partial charge is 0.411 e. The molecule has 0 spiro atoms. The highest BCUT2D eigenvalue weighted by Gasteiger charge is 2.18. The van der Waals surface area contributed by atoms with Gasteiger partial charge in [-0.2, -0.15) is 0 Å². The summed E-state index contributed by atoms with van der Waals surface area (Å²) in [5, 5.41) is 11.9. The van der Waals surface area contributed by atoms with Gasteiger partial charge < -0.3 is 24.1 Å². The van der Waals surface area contributed by atoms with Crippen LogP contribution in [0.3, 0.4) is 0 Å². The molecule has 0 saturated heterocycles. The highest BCUT2D eigenvalue weighted by Crippen LogP contribution is 2.37. The second-order valence-corrected chi connectivity index (χ2v) is 9.87. The van der Waals surface area contributed by atoms with Gasteiger partial charge in [0, 0.05) is 17.7 Å². The zero-order valence-electron chi connectivity index (χ0n) is 22.3. The number of aryl methyl sites for hydroxylation is 1. The third kappa shape index (κ3) is 6.56. The molecule has 1 atom stereocenters. The van der Waals surface area contributed by atoms with Crippen molar-refractivity contribution in [1.29, 1.82) is 0 Å². The lowest BCUT2D eigenvalue weighted by Gasteiger charge is -2.15. The van der Waals surface area contributed by atoms with E-state index < -0.39 is 18.0 Å². The highest BCUT2D eigenvalue weighted by atomic mass is 32.1. The molecule has 3 aromatic heterocycles. The summed E-state index contributed by atoms with van der Waals surface area (Å²) in [7, 11) is 1.53. The summed E-state index contributed by atoms with van der Waals surface area (Å²) in [6.07, 6.45) is 2.79. The van der Waals surface area contributed by atoms with Crippen LogP contribution in [0.4, 0.5) is 14.9 Å². The fourth-order valence-corrected chi connectivity index (χ4v) is 4.83. The molecule has 0 bridgehead atoms. The number of thiazole rings is 1. The summed E-state index contributed by atoms with van der Waals surface area (Å²) >= 11 is 1.37. The summed E-state index contributed by atoms with van der Waals surface area (Å²) in [6.45, 7) is 3.34. The number of carbonyl (C=O) groups excluding carboxylic acids is 1. The second kappa shape index (κ2) is 12.2. The van der Waals surface area contributed by atoms with Crippen molar-refractivity contribution in [3.05, 3.63) is 54.2 Å². The Hall–Kier alpha value is -4.69. The molecule has 2 aromatic carbocycles. The van der Waals surface area contributed by atoms with Crippen molar-refractivity contribution in [2.45, 2.75) is 20.0 Å². The SMILES string of the molecule is COc1cnc2c(-c3nc4cc(F)c(O[C@@H](C)COC(=O)Nc5cnc(OCCO)nc5)cc4s3)cc(C)cc2n1. The van der Waals surface area contributed by atoms with Crippen LogP contribution in [0.25, 0.3) is 31.8 Å². The zero-order chi connectivity index (χ0) is 28.9. The molecule has 41 heavy (non-hydrogen) atoms. The van der Waals surface area contributed by atoms with E-state index in [4.69, 9.17) is 24.1 Å². The normalized spacial score (nSPS) is 11.8. The minimum Gasteiger partial charge on any atom is -0.484 e. The number of halogens is 1. The van der Waals surface area contributed by atoms with Crippen molar-refractivity contribution < 1.29 is 33.2 Å². The Morgan fingerprint density at radius 2 is 1.90 bits per heavy atom. The molecule has 212 valence electrons. The molecule has 0 aliphatic rings. The van der Waals surface area contributed by atoms with Crippen molar-refractivity contribution in [2.75, 3.05) is 32.2 Å². The quantitative estimate of drug-likeness (QED) is 0.240. The number of anilines is 1. The van der Waals surface area contributed by atoms with Crippen LogP contribution in [0.2, 0.25) is 0 Å². The van der Waals surface area contributed by atoms with E-state index in [-0.39, 0.29) is 37.3 Å². The third-order valence-corrected chi connectivity index (χ3v) is 6.68. The van der Waals surface area contributed by atoms with E-state index in [0.29, 0.717) is 32.1 Å². The number of aromatic nitrogens is 5. The monoisotopic (exact) mass is 580 g/mol. The standard InChI is InChI=1S/C27H25FN6O6S/c1-14-6-17(24-20(7-14)33-23(37-3)12-29-24)25-34-19-8-18(28)21(9-22(19)41-25)40-15(2)13-39-27(36)32-16-10-30-26(31-11-16)38-5-4-35/h6-12,15,35H,4-5,13H2,1-3H3,(H,32,36)/t15-/m0/s1. The first-order valence-electron chi connectivity index (χ1n) is 12.4. The molecular weight excluding hydrogens is 555 g/mol. The molecule has 1 amide bonds. The predicted molar refractivity (Wildman–Crippen MR) is 149 cm³/mol. The van der Waals surface area contributed by atoms with Gasteiger partial charge in [-0.1, -0.05) is 0 Å². The number of methoxy groups -OCH3 is 1. The lowest BCUT2D eigenvalue weighted by Crippen LogP contribution is -2.24. The Bertz CT molecular complexity index is 1700. The van der Waals surface area contributed by atoms with Crippen molar-refractivity contribution in [2.24, 2.45) is 0 Å². The first kappa shape index (κ1) is 27.9. The maximum absolute atomic E-state index is 14.9. The number of aliphatic hydroxyl groups excluding tert-OH is 1. The van der Waals surface area contributed by atoms with Crippen LogP contribution in [-0.2, 0) is 4.74 Å². The van der Waals surface area contributed by atoms with Gasteiger partial charge in [0.2, 0.25) is 5.88 Å². The number of nitrogens with zero attached hydrogens (tertiary/aromatic N) is 5. The van der Waals surface area contributed by atoms with Gasteiger partial charge in [0.25, 0.3) is 0 Å². The van der Waals surface area contributed by atoms with E-state index in [1.54, 1.807) is 19.2 Å². The highest BCUT2D eigenvalue weighted by molar-refractivity contribution is 7.21. The maximum atomic E-state index is 14.9. The number of benzene rings is 2. The molecule has 2 N–H and O–H groups in total. The molecule has 0 aliphatic heterocycles. The number of amides is 1. The van der Waals surface area contributed by atoms with Crippen molar-refractivity contribution in [3.63, 3.8) is 0 Å². The number of carbonyl (C=O) groups is 1. The zero-order valence-corrected chi connectivity index (χ0v) is 23.1. The number of hydrogen-bond acceptors (Lipinski definition) is 12. The summed E-state index contributed by atoms with van der Waals surface area (Å²) in [5.74, 6) is -0.175. The molecule has 0 fully saturated rings. The van der Waals surface area contributed by atoms with Gasteiger partial charge in [0.1, 0.15) is 24.3 Å². The predicted octanol–water partition coefficient (Wildman–Crippen LogP) is 4.54. The minimum absolute atomic E-state index is 0.00899. The first-order valence-corrected chi connectivity index (χ1v) is 13.2. The second-order valence-electron chi connectivity index (χ2n) is 8.84. The van der Waals surface area contributed by atoms with Gasteiger partial charge in [-0.15, -0.1) is 11.3 Å². The van der Waals surface area contributed by atoms with E-state index in [0.717, 1.165) is 11.1 Å². The fraction of sp³-hybridized carbons (Fsp3) is 0.259. The molecule has 12 nitrogen and oxygen atoms in total. The summed E-state index contributed by atoms with van der Waals surface area (Å²) < 4.78 is 36.8. The Kier molecular flexibility index (Phi) is 8.31. The van der Waals surface area contributed by atoms with Crippen molar-refractivity contribution in [1.82, 2.24) is 24.9 Å². The van der Waals surface area contributed by atoms with Gasteiger partial charge in [-0.05, 0) is 31.5 Å². The van der Waals surface area contributed by atoms with E-state index in [2.05, 4.69) is 30.2 Å². The molecule has 0 aliphatic carbocycles. The van der Waals surface area contributed by atoms with Gasteiger partial charge in [-0.25, -0.2) is 34.1 Å². The van der Waals surface area contributed by atoms with Gasteiger partial charge in [-0.3, -0.25) is 5.32 Å². The summed E-state index contributed by atoms with van der Waals surface area (Å²) in [4.78, 5) is 33.6. The van der Waals surface area contributed by atoms with E-state index in [1.165, 1.54) is 36.9 Å². The van der Waals surface area contributed by atoms with Crippen LogP contribution in [-0.4, -0.2) is 69.2 Å². The average molecular weight is 581 g/mol. The molecule has 14 heteroatoms. The average Bonchev–Trinajstić information content (AvgIpc) is 3.37. The van der Waals surface area contributed by atoms with Crippen molar-refractivity contribution in [3.8, 4) is 28.2 Å². The minimum atomic E-state index is -0.762. The lowest BCUT2D eigenvalue weighted by atomic mass is 10.1. The number of rotatable bonds is 10. The number of fused-ring (bicyclic) bond motifs is 2. The lowest BCUT2D eigenvalue weighted by molar-refractivity contribution is 0.0969. The van der Waals surface area contributed by atoms with Crippen LogP contribution in [0.1, 0.15) is 12.5 Å². The van der Waals surface area contributed by atoms with E-state index >= 15 is 0 Å². The van der Waals surface area contributed by atoms with E-state index in [1.807, 2.05) is 19.1 Å². The number of aliphatic hydroxyl groups is 1. The first-order chi connectivity index (χ1) is 19.8.